The van der Waals surface area contributed by atoms with Crippen LogP contribution in [0.2, 0.25) is 0 Å². The first-order valence-electron chi connectivity index (χ1n) is 15.9. The molecule has 4 aliphatic rings. The fourth-order valence-electron chi connectivity index (χ4n) is 9.80. The molecule has 1 heterocycles. The minimum absolute atomic E-state index is 0.160. The molecule has 11 heteroatoms. The Morgan fingerprint density at radius 3 is 2.16 bits per heavy atom. The van der Waals surface area contributed by atoms with Gasteiger partial charge in [-0.15, -0.1) is 0 Å². The number of carbonyl (C=O) groups is 4. The van der Waals surface area contributed by atoms with Crippen molar-refractivity contribution in [2.24, 2.45) is 45.8 Å². The van der Waals surface area contributed by atoms with Crippen molar-refractivity contribution in [3.63, 3.8) is 0 Å². The SMILES string of the molecule is CC(CC(=O)O)(CC(=O)O)C(=O)O.COC[C@@]1(O)CC[C@@]2(C)[C@@H](CC[C@@H]3[C@@H]2CC[C@]2(C)[C@@H](C(=O)Cn4ccnc4)CC[C@@H]32)C1. The number of hydrogen-bond donors (Lipinski definition) is 4. The third kappa shape index (κ3) is 6.73. The molecule has 0 aromatic carbocycles. The van der Waals surface area contributed by atoms with Crippen LogP contribution in [-0.2, 0) is 30.5 Å². The standard InChI is InChI=1S/C26H40N2O3.C7H10O6/c1-24-10-11-26(30,16-31-3)14-18(24)4-5-19-20-6-7-22(25(20,2)9-8-21(19)24)23(29)15-28-13-12-27-17-28;1-7(6(12)13,2-4(8)9)3-5(10)11/h12-13,17-22,30H,4-11,14-16H2,1-3H3;2-3H2,1H3,(H,8,9)(H,10,11)(H,12,13)/t18-,19-,20-,21-,22+,24-,25-,26+;/m0./s1. The average molecular weight is 619 g/mol. The number of carboxylic acid groups (broad SMARTS) is 3. The maximum absolute atomic E-state index is 13.3. The Kier molecular flexibility index (Phi) is 10.00. The highest BCUT2D eigenvalue weighted by molar-refractivity contribution is 5.85. The summed E-state index contributed by atoms with van der Waals surface area (Å²) in [5, 5.41) is 36.4. The number of carboxylic acids is 3. The highest BCUT2D eigenvalue weighted by Crippen LogP contribution is 2.68. The highest BCUT2D eigenvalue weighted by atomic mass is 16.5. The predicted molar refractivity (Wildman–Crippen MR) is 160 cm³/mol. The second-order valence-corrected chi connectivity index (χ2v) is 14.9. The molecule has 0 bridgehead atoms. The normalized spacial score (nSPS) is 36.2. The lowest BCUT2D eigenvalue weighted by atomic mass is 9.44. The molecule has 11 nitrogen and oxygen atoms in total. The number of rotatable bonds is 10. The quantitative estimate of drug-likeness (QED) is 0.292. The molecule has 0 unspecified atom stereocenters. The van der Waals surface area contributed by atoms with E-state index in [1.165, 1.54) is 32.1 Å². The summed E-state index contributed by atoms with van der Waals surface area (Å²) in [5.41, 5.74) is -1.87. The Morgan fingerprint density at radius 1 is 0.932 bits per heavy atom. The van der Waals surface area contributed by atoms with Crippen LogP contribution >= 0.6 is 0 Å². The maximum atomic E-state index is 13.3. The van der Waals surface area contributed by atoms with Gasteiger partial charge in [-0.25, -0.2) is 4.98 Å². The van der Waals surface area contributed by atoms with Crippen molar-refractivity contribution in [1.82, 2.24) is 9.55 Å². The van der Waals surface area contributed by atoms with Gasteiger partial charge >= 0.3 is 17.9 Å². The summed E-state index contributed by atoms with van der Waals surface area (Å²) in [6.07, 6.45) is 14.1. The number of aliphatic carboxylic acids is 3. The van der Waals surface area contributed by atoms with Gasteiger partial charge in [0.25, 0.3) is 0 Å². The number of Topliss-reactive ketones (excluding diaryl/α,β-unsaturated/α-hetero) is 1. The monoisotopic (exact) mass is 618 g/mol. The van der Waals surface area contributed by atoms with Gasteiger partial charge in [0, 0.05) is 25.4 Å². The summed E-state index contributed by atoms with van der Waals surface area (Å²) in [5.74, 6) is -0.686. The summed E-state index contributed by atoms with van der Waals surface area (Å²) in [7, 11) is 1.70. The van der Waals surface area contributed by atoms with Crippen LogP contribution in [0.25, 0.3) is 0 Å². The van der Waals surface area contributed by atoms with Gasteiger partial charge in [0.05, 0.1) is 43.3 Å². The van der Waals surface area contributed by atoms with Crippen LogP contribution in [0.15, 0.2) is 18.7 Å². The van der Waals surface area contributed by atoms with E-state index in [9.17, 15) is 24.3 Å². The van der Waals surface area contributed by atoms with E-state index in [-0.39, 0.29) is 11.3 Å². The zero-order chi connectivity index (χ0) is 32.5. The van der Waals surface area contributed by atoms with Crippen LogP contribution in [0, 0.1) is 45.8 Å². The molecule has 8 atom stereocenters. The molecule has 4 saturated carbocycles. The van der Waals surface area contributed by atoms with Crippen LogP contribution in [0.4, 0.5) is 0 Å². The van der Waals surface area contributed by atoms with Crippen LogP contribution in [0.5, 0.6) is 0 Å². The predicted octanol–water partition coefficient (Wildman–Crippen LogP) is 4.52. The Balaban J connectivity index is 0.000000289. The lowest BCUT2D eigenvalue weighted by molar-refractivity contribution is -0.164. The summed E-state index contributed by atoms with van der Waals surface area (Å²) in [4.78, 5) is 48.4. The summed E-state index contributed by atoms with van der Waals surface area (Å²) in [6.45, 7) is 7.00. The van der Waals surface area contributed by atoms with Gasteiger partial charge in [-0.1, -0.05) is 13.8 Å². The van der Waals surface area contributed by atoms with Crippen molar-refractivity contribution in [2.75, 3.05) is 13.7 Å². The number of aromatic nitrogens is 2. The van der Waals surface area contributed by atoms with E-state index < -0.39 is 41.8 Å². The smallest absolute Gasteiger partial charge is 0.310 e. The number of ketones is 1. The molecule has 0 aliphatic heterocycles. The van der Waals surface area contributed by atoms with Crippen molar-refractivity contribution in [3.05, 3.63) is 18.7 Å². The van der Waals surface area contributed by atoms with Crippen molar-refractivity contribution in [3.8, 4) is 0 Å². The van der Waals surface area contributed by atoms with Gasteiger partial charge in [0.1, 0.15) is 0 Å². The van der Waals surface area contributed by atoms with E-state index in [0.29, 0.717) is 36.2 Å². The van der Waals surface area contributed by atoms with E-state index in [2.05, 4.69) is 18.8 Å². The molecule has 0 radical (unpaired) electrons. The number of carbonyl (C=O) groups excluding carboxylic acids is 1. The Hall–Kier alpha value is -2.79. The van der Waals surface area contributed by atoms with E-state index in [1.54, 1.807) is 19.6 Å². The molecule has 4 N–H and O–H groups in total. The average Bonchev–Trinajstić information content (AvgIpc) is 3.56. The van der Waals surface area contributed by atoms with E-state index in [0.717, 1.165) is 44.4 Å². The van der Waals surface area contributed by atoms with Gasteiger partial charge in [-0.05, 0) is 99.2 Å². The first-order chi connectivity index (χ1) is 20.6. The van der Waals surface area contributed by atoms with Crippen molar-refractivity contribution in [2.45, 2.75) is 104 Å². The molecule has 44 heavy (non-hydrogen) atoms. The maximum Gasteiger partial charge on any atom is 0.310 e. The van der Waals surface area contributed by atoms with E-state index in [1.807, 2.05) is 10.8 Å². The second kappa shape index (κ2) is 12.9. The summed E-state index contributed by atoms with van der Waals surface area (Å²) >= 11 is 0. The van der Waals surface area contributed by atoms with Gasteiger partial charge in [-0.3, -0.25) is 19.2 Å². The molecule has 0 spiro atoms. The topological polar surface area (TPSA) is 176 Å². The molecule has 246 valence electrons. The van der Waals surface area contributed by atoms with E-state index >= 15 is 0 Å². The Labute approximate surface area is 259 Å². The summed E-state index contributed by atoms with van der Waals surface area (Å²) in [6, 6.07) is 0. The molecule has 1 aromatic heterocycles. The molecule has 0 saturated heterocycles. The fourth-order valence-corrected chi connectivity index (χ4v) is 9.80. The lowest BCUT2D eigenvalue weighted by Gasteiger charge is -2.62. The zero-order valence-corrected chi connectivity index (χ0v) is 26.5. The number of aliphatic hydroxyl groups is 1. The second-order valence-electron chi connectivity index (χ2n) is 14.9. The van der Waals surface area contributed by atoms with Crippen LogP contribution in [-0.4, -0.2) is 73.0 Å². The number of methoxy groups -OCH3 is 1. The number of fused-ring (bicyclic) bond motifs is 5. The van der Waals surface area contributed by atoms with Gasteiger partial charge < -0.3 is 29.7 Å². The Bertz CT molecular complexity index is 1200. The van der Waals surface area contributed by atoms with Gasteiger partial charge in [-0.2, -0.15) is 0 Å². The Morgan fingerprint density at radius 2 is 1.59 bits per heavy atom. The number of nitrogens with zero attached hydrogens (tertiary/aromatic N) is 2. The number of ether oxygens (including phenoxy) is 1. The van der Waals surface area contributed by atoms with Gasteiger partial charge in [0.15, 0.2) is 5.78 Å². The van der Waals surface area contributed by atoms with E-state index in [4.69, 9.17) is 20.1 Å². The zero-order valence-electron chi connectivity index (χ0n) is 26.5. The molecule has 1 aromatic rings. The number of hydrogen-bond acceptors (Lipinski definition) is 7. The van der Waals surface area contributed by atoms with Crippen LogP contribution in [0.3, 0.4) is 0 Å². The van der Waals surface area contributed by atoms with Crippen molar-refractivity contribution >= 4 is 23.7 Å². The molecular formula is C33H50N2O9. The third-order valence-corrected chi connectivity index (χ3v) is 12.1. The first kappa shape index (κ1) is 34.1. The molecule has 4 fully saturated rings. The number of imidazole rings is 1. The molecular weight excluding hydrogens is 568 g/mol. The fraction of sp³-hybridized carbons (Fsp3) is 0.788. The minimum Gasteiger partial charge on any atom is -0.481 e. The largest absolute Gasteiger partial charge is 0.481 e. The van der Waals surface area contributed by atoms with Crippen molar-refractivity contribution < 1.29 is 44.3 Å². The van der Waals surface area contributed by atoms with Crippen LogP contribution < -0.4 is 0 Å². The highest BCUT2D eigenvalue weighted by Gasteiger charge is 2.62. The molecule has 5 rings (SSSR count). The van der Waals surface area contributed by atoms with Crippen molar-refractivity contribution in [1.29, 1.82) is 0 Å². The van der Waals surface area contributed by atoms with Gasteiger partial charge in [0.2, 0.25) is 0 Å². The molecule has 4 aliphatic carbocycles. The summed E-state index contributed by atoms with van der Waals surface area (Å²) < 4.78 is 7.29. The minimum atomic E-state index is -1.74. The first-order valence-corrected chi connectivity index (χ1v) is 15.9. The molecule has 0 amide bonds. The van der Waals surface area contributed by atoms with Crippen LogP contribution in [0.1, 0.15) is 91.4 Å². The third-order valence-electron chi connectivity index (χ3n) is 12.1. The lowest BCUT2D eigenvalue weighted by Crippen LogP contribution is -2.56.